The number of hydrogen-bond donors (Lipinski definition) is 7. The van der Waals surface area contributed by atoms with Crippen molar-refractivity contribution in [1.29, 1.82) is 0 Å². The number of fused-ring (bicyclic) bond motifs is 3. The van der Waals surface area contributed by atoms with Crippen LogP contribution in [0.15, 0.2) is 124 Å². The number of amides is 4. The first-order valence-corrected chi connectivity index (χ1v) is 47.4. The fourth-order valence-corrected chi connectivity index (χ4v) is 20.2. The first-order valence-electron chi connectivity index (χ1n) is 40.7. The van der Waals surface area contributed by atoms with Gasteiger partial charge in [-0.2, -0.15) is 0 Å². The van der Waals surface area contributed by atoms with Crippen LogP contribution < -0.4 is 35.4 Å². The molecular formula is C84H111Cl6N11O17S3. The molecule has 0 aromatic heterocycles. The Morgan fingerprint density at radius 1 is 0.421 bits per heavy atom. The number of rotatable bonds is 50. The minimum Gasteiger partial charge on any atom is -0.379 e. The predicted octanol–water partition coefficient (Wildman–Crippen LogP) is 9.97. The zero-order chi connectivity index (χ0) is 86.5. The van der Waals surface area contributed by atoms with Gasteiger partial charge in [-0.1, -0.05) is 106 Å². The van der Waals surface area contributed by atoms with Gasteiger partial charge in [-0.3, -0.25) is 19.3 Å². The summed E-state index contributed by atoms with van der Waals surface area (Å²) in [5.74, 6) is -1.33. The number of nitrogens with zero attached hydrogens (tertiary/aromatic N) is 4. The highest BCUT2D eigenvalue weighted by atomic mass is 35.5. The van der Waals surface area contributed by atoms with E-state index in [4.69, 9.17) is 103 Å². The van der Waals surface area contributed by atoms with E-state index >= 15 is 0 Å². The molecule has 0 unspecified atom stereocenters. The lowest BCUT2D eigenvalue weighted by molar-refractivity contribution is -0.121. The smallest absolute Gasteiger partial charge is 0.315 e. The average Bonchev–Trinajstić information content (AvgIpc) is 0.780. The Morgan fingerprint density at radius 2 is 0.769 bits per heavy atom. The summed E-state index contributed by atoms with van der Waals surface area (Å²) in [6.07, 6.45) is 0.454. The van der Waals surface area contributed by atoms with E-state index in [9.17, 15) is 44.4 Å². The summed E-state index contributed by atoms with van der Waals surface area (Å²) in [4.78, 5) is 64.2. The van der Waals surface area contributed by atoms with Crippen LogP contribution in [0.1, 0.15) is 119 Å². The molecule has 3 atom stereocenters. The molecule has 0 bridgehead atoms. The molecule has 37 heteroatoms. The van der Waals surface area contributed by atoms with Gasteiger partial charge in [0.2, 0.25) is 41.9 Å². The van der Waals surface area contributed by atoms with E-state index in [2.05, 4.69) is 55.0 Å². The Bertz CT molecular complexity index is 4380. The van der Waals surface area contributed by atoms with Crippen molar-refractivity contribution in [2.24, 2.45) is 0 Å². The highest BCUT2D eigenvalue weighted by Crippen LogP contribution is 2.43. The van der Waals surface area contributed by atoms with Gasteiger partial charge in [-0.05, 0) is 170 Å². The van der Waals surface area contributed by atoms with Gasteiger partial charge in [0.1, 0.15) is 5.78 Å². The molecule has 10 rings (SSSR count). The Balaban J connectivity index is 0.669. The summed E-state index contributed by atoms with van der Waals surface area (Å²) in [6, 6.07) is 30.7. The van der Waals surface area contributed by atoms with Crippen molar-refractivity contribution < 1.29 is 77.6 Å². The third-order valence-electron chi connectivity index (χ3n) is 21.5. The van der Waals surface area contributed by atoms with E-state index in [1.807, 2.05) is 57.5 Å². The fourth-order valence-electron chi connectivity index (χ4n) is 15.3. The van der Waals surface area contributed by atoms with E-state index in [1.165, 1.54) is 12.1 Å². The maximum atomic E-state index is 14.0. The zero-order valence-electron chi connectivity index (χ0n) is 68.5. The number of carbonyl (C=O) groups excluding carboxylic acids is 4. The van der Waals surface area contributed by atoms with Crippen molar-refractivity contribution in [2.75, 3.05) is 192 Å². The highest BCUT2D eigenvalue weighted by Gasteiger charge is 2.36. The van der Waals surface area contributed by atoms with Gasteiger partial charge >= 0.3 is 6.03 Å². The Hall–Kier alpha value is -5.77. The topological polar surface area (TPSA) is 332 Å². The highest BCUT2D eigenvalue weighted by molar-refractivity contribution is 7.90. The predicted molar refractivity (Wildman–Crippen MR) is 468 cm³/mol. The summed E-state index contributed by atoms with van der Waals surface area (Å²) in [6.45, 7) is 9.01. The molecule has 4 amide bonds. The number of halogens is 6. The summed E-state index contributed by atoms with van der Waals surface area (Å²) in [5, 5.41) is 15.0. The number of carbonyl (C=O) groups is 4. The molecule has 6 aromatic carbocycles. The van der Waals surface area contributed by atoms with Crippen LogP contribution in [0.3, 0.4) is 0 Å². The molecule has 4 aliphatic rings. The monoisotopic (exact) mass is 1850 g/mol. The van der Waals surface area contributed by atoms with Gasteiger partial charge < -0.3 is 69.1 Å². The minimum atomic E-state index is -3.91. The van der Waals surface area contributed by atoms with E-state index in [1.54, 1.807) is 60.7 Å². The largest absolute Gasteiger partial charge is 0.379 e. The van der Waals surface area contributed by atoms with E-state index in [0.29, 0.717) is 109 Å². The fraction of sp³-hybridized carbons (Fsp3) is 0.524. The minimum absolute atomic E-state index is 0.00161. The van der Waals surface area contributed by atoms with Crippen molar-refractivity contribution in [2.45, 2.75) is 109 Å². The number of morpholine rings is 1. The normalized spacial score (nSPS) is 16.9. The van der Waals surface area contributed by atoms with E-state index in [-0.39, 0.29) is 214 Å². The average molecular weight is 1860 g/mol. The molecule has 1 fully saturated rings. The molecule has 6 aromatic rings. The molecule has 4 heterocycles. The van der Waals surface area contributed by atoms with Crippen molar-refractivity contribution in [3.63, 3.8) is 0 Å². The first-order chi connectivity index (χ1) is 58.0. The lowest BCUT2D eigenvalue weighted by atomic mass is 9.82. The van der Waals surface area contributed by atoms with Crippen LogP contribution in [-0.2, 0) is 97.2 Å². The van der Waals surface area contributed by atoms with E-state index in [0.717, 1.165) is 50.1 Å². The van der Waals surface area contributed by atoms with Crippen LogP contribution in [0.5, 0.6) is 0 Å². The standard InChI is InChI=1S/C84H111Cl6N11O17S3/c1-98-53-72(69-47-62(85)50-78(88)75(69)56-98)59-8-4-12-66(44-59)119(106,107)94-24-33-115-39-38-112-30-7-11-65(102)15-18-84(97-83(105)93-21-27-101-28-36-118-37-29-101,19-16-81(103)91-22-31-113-40-42-116-34-25-95-120(108,109)67-13-5-9-60(45-67)73-54-99(2)57-76-70(73)48-63(86)51-79(76)89)20-17-82(104)92-23-32-114-41-43-117-35-26-96-121(110,111)68-14-6-10-61(46-68)74-55-100(3)58-77-71(74)49-64(87)52-80(77)90/h4-6,8-10,12-14,44-52,72-74,94-96H,7,11,15-43,53-58H2,1-3H3,(H,91,103)(H,92,104)(H2,93,97,105)/t72-,73-,74-/m0/s1. The summed E-state index contributed by atoms with van der Waals surface area (Å²) in [5.41, 5.74) is 6.94. The zero-order valence-corrected chi connectivity index (χ0v) is 75.5. The van der Waals surface area contributed by atoms with Crippen molar-refractivity contribution in [1.82, 2.24) is 55.0 Å². The quantitative estimate of drug-likeness (QED) is 0.0175. The number of benzene rings is 6. The molecule has 0 saturated carbocycles. The summed E-state index contributed by atoms with van der Waals surface area (Å²) in [7, 11) is -5.77. The third kappa shape index (κ3) is 30.5. The molecule has 28 nitrogen and oxygen atoms in total. The lowest BCUT2D eigenvalue weighted by Gasteiger charge is -2.35. The van der Waals surface area contributed by atoms with Gasteiger partial charge in [0, 0.05) is 184 Å². The number of sulfonamides is 3. The number of Topliss-reactive ketones (excluding diaryl/α,β-unsaturated/α-hetero) is 1. The number of ketones is 1. The van der Waals surface area contributed by atoms with Crippen molar-refractivity contribution >= 4 is 123 Å². The number of hydrogen-bond acceptors (Lipinski definition) is 21. The van der Waals surface area contributed by atoms with E-state index < -0.39 is 41.6 Å². The maximum absolute atomic E-state index is 14.0. The van der Waals surface area contributed by atoms with Crippen molar-refractivity contribution in [3.8, 4) is 0 Å². The van der Waals surface area contributed by atoms with Crippen molar-refractivity contribution in [3.05, 3.63) is 189 Å². The second-order valence-electron chi connectivity index (χ2n) is 30.7. The van der Waals surface area contributed by atoms with Crippen LogP contribution in [0.4, 0.5) is 4.79 Å². The summed E-state index contributed by atoms with van der Waals surface area (Å²) >= 11 is 39.0. The maximum Gasteiger partial charge on any atom is 0.315 e. The summed E-state index contributed by atoms with van der Waals surface area (Å²) < 4.78 is 129. The van der Waals surface area contributed by atoms with Gasteiger partial charge in [0.15, 0.2) is 0 Å². The number of ether oxygens (including phenoxy) is 7. The SMILES string of the molecule is CN1Cc2c(Cl)cc(Cl)cc2[C@H](c2cccc(S(=O)(=O)NCCOCCOCCCC(=O)CCC(CCC(=O)NCCOCCOCCNS(=O)(=O)c3cccc([C@@H]4CN(C)Cc5c(Cl)cc(Cl)cc54)c3)(CCC(=O)NCCOCCOCCNS(=O)(=O)c3cccc([C@@H]4CN(C)Cc5c(Cl)cc(Cl)cc54)c3)NC(=O)NCCN3CCOCC3)c2)C1. The first kappa shape index (κ1) is 97.4. The molecule has 4 aliphatic heterocycles. The van der Waals surface area contributed by atoms with Gasteiger partial charge in [-0.25, -0.2) is 44.2 Å². The molecule has 0 radical (unpaired) electrons. The van der Waals surface area contributed by atoms with Crippen LogP contribution in [-0.4, -0.2) is 266 Å². The molecule has 0 aliphatic carbocycles. The third-order valence-corrected chi connectivity index (χ3v) is 27.6. The van der Waals surface area contributed by atoms with Gasteiger partial charge in [0.05, 0.1) is 101 Å². The van der Waals surface area contributed by atoms with Gasteiger partial charge in [0.25, 0.3) is 0 Å². The van der Waals surface area contributed by atoms with Gasteiger partial charge in [-0.15, -0.1) is 0 Å². The molecule has 121 heavy (non-hydrogen) atoms. The second-order valence-corrected chi connectivity index (χ2v) is 38.5. The lowest BCUT2D eigenvalue weighted by Crippen LogP contribution is -2.54. The Kier molecular flexibility index (Phi) is 38.8. The Morgan fingerprint density at radius 3 is 1.14 bits per heavy atom. The number of urea groups is 1. The second kappa shape index (κ2) is 48.2. The Labute approximate surface area is 741 Å². The van der Waals surface area contributed by atoms with Crippen LogP contribution >= 0.6 is 69.6 Å². The molecule has 0 spiro atoms. The molecule has 1 saturated heterocycles. The van der Waals surface area contributed by atoms with Crippen LogP contribution in [0, 0.1) is 0 Å². The number of likely N-dealkylation sites (N-methyl/N-ethyl adjacent to an activating group) is 3. The molecule has 664 valence electrons. The molecule has 7 N–H and O–H groups in total. The molecular weight excluding hydrogens is 1740 g/mol. The van der Waals surface area contributed by atoms with Crippen LogP contribution in [0.25, 0.3) is 0 Å². The number of nitrogens with one attached hydrogen (secondary N) is 7. The van der Waals surface area contributed by atoms with Crippen LogP contribution in [0.2, 0.25) is 30.1 Å².